The number of aromatic nitrogens is 2. The van der Waals surface area contributed by atoms with Crippen molar-refractivity contribution in [3.8, 4) is 0 Å². The number of anilines is 2. The Kier molecular flexibility index (Phi) is 2.87. The van der Waals surface area contributed by atoms with Crippen molar-refractivity contribution < 1.29 is 8.78 Å². The van der Waals surface area contributed by atoms with E-state index in [0.29, 0.717) is 11.6 Å². The molecule has 0 aromatic carbocycles. The fourth-order valence-electron chi connectivity index (χ4n) is 1.70. The zero-order valence-corrected chi connectivity index (χ0v) is 9.74. The zero-order chi connectivity index (χ0) is 13.2. The van der Waals surface area contributed by atoms with Gasteiger partial charge in [0.15, 0.2) is 0 Å². The lowest BCUT2D eigenvalue weighted by Crippen LogP contribution is -2.30. The van der Waals surface area contributed by atoms with Crippen LogP contribution < -0.4 is 9.62 Å². The van der Waals surface area contributed by atoms with E-state index in [-0.39, 0.29) is 11.6 Å². The molecule has 4 nitrogen and oxygen atoms in total. The molecule has 0 amide bonds. The molecule has 0 bridgehead atoms. The number of pyridine rings is 2. The molecule has 0 N–H and O–H groups in total. The van der Waals surface area contributed by atoms with Crippen LogP contribution in [-0.2, 0) is 0 Å². The molecule has 0 fully saturated rings. The third-order valence-electron chi connectivity index (χ3n) is 2.58. The van der Waals surface area contributed by atoms with E-state index in [1.807, 2.05) is 0 Å². The summed E-state index contributed by atoms with van der Waals surface area (Å²) in [6, 6.07) is 5.16. The van der Waals surface area contributed by atoms with Crippen LogP contribution in [-0.4, -0.2) is 17.5 Å². The van der Waals surface area contributed by atoms with Gasteiger partial charge in [-0.05, 0) is 12.1 Å². The summed E-state index contributed by atoms with van der Waals surface area (Å²) in [6.07, 6.45) is 6.15. The van der Waals surface area contributed by atoms with Crippen molar-refractivity contribution in [2.75, 3.05) is 9.62 Å². The fraction of sp³-hybridized carbons (Fsp3) is 0. The van der Waals surface area contributed by atoms with E-state index in [2.05, 4.69) is 9.97 Å². The van der Waals surface area contributed by atoms with Crippen LogP contribution in [0.5, 0.6) is 0 Å². The molecule has 1 aliphatic heterocycles. The van der Waals surface area contributed by atoms with Crippen LogP contribution in [0.1, 0.15) is 0 Å². The average Bonchev–Trinajstić information content (AvgIpc) is 2.88. The van der Waals surface area contributed by atoms with E-state index in [1.54, 1.807) is 29.6 Å². The quantitative estimate of drug-likeness (QED) is 0.771. The second-order valence-corrected chi connectivity index (χ2v) is 3.89. The predicted octanol–water partition coefficient (Wildman–Crippen LogP) is 2.09. The van der Waals surface area contributed by atoms with E-state index in [0.717, 1.165) is 0 Å². The topological polar surface area (TPSA) is 32.3 Å². The van der Waals surface area contributed by atoms with Gasteiger partial charge < -0.3 is 9.62 Å². The highest BCUT2D eigenvalue weighted by Gasteiger charge is 2.20. The third kappa shape index (κ3) is 2.40. The Morgan fingerprint density at radius 2 is 1.32 bits per heavy atom. The lowest BCUT2D eigenvalue weighted by Gasteiger charge is -2.17. The van der Waals surface area contributed by atoms with E-state index >= 15 is 0 Å². The molecule has 1 radical (unpaired) electrons. The van der Waals surface area contributed by atoms with E-state index in [4.69, 9.17) is 0 Å². The van der Waals surface area contributed by atoms with Gasteiger partial charge in [-0.3, -0.25) is 0 Å². The molecule has 0 saturated carbocycles. The molecular formula is C12H8BF2N4. The van der Waals surface area contributed by atoms with Crippen LogP contribution in [0.2, 0.25) is 0 Å². The lowest BCUT2D eigenvalue weighted by molar-refractivity contribution is 0.625. The van der Waals surface area contributed by atoms with E-state index in [1.165, 1.54) is 36.7 Å². The molecule has 2 aromatic heterocycles. The minimum atomic E-state index is -0.367. The number of nitrogens with zero attached hydrogens (tertiary/aromatic N) is 4. The number of halogens is 2. The Morgan fingerprint density at radius 3 is 1.74 bits per heavy atom. The highest BCUT2D eigenvalue weighted by molar-refractivity contribution is 6.49. The molecule has 0 saturated heterocycles. The Bertz CT molecular complexity index is 581. The summed E-state index contributed by atoms with van der Waals surface area (Å²) < 4.78 is 26.2. The van der Waals surface area contributed by atoms with Gasteiger partial charge in [0.05, 0.1) is 0 Å². The maximum Gasteiger partial charge on any atom is 0.402 e. The Balaban J connectivity index is 1.80. The van der Waals surface area contributed by atoms with Gasteiger partial charge in [-0.25, -0.2) is 18.7 Å². The first-order valence-electron chi connectivity index (χ1n) is 5.55. The zero-order valence-electron chi connectivity index (χ0n) is 9.74. The van der Waals surface area contributed by atoms with Crippen molar-refractivity contribution in [1.82, 2.24) is 9.97 Å². The lowest BCUT2D eigenvalue weighted by atomic mass is 10.1. The molecule has 1 aliphatic rings. The van der Waals surface area contributed by atoms with Gasteiger partial charge in [0.25, 0.3) is 0 Å². The van der Waals surface area contributed by atoms with Gasteiger partial charge in [-0.1, -0.05) is 0 Å². The van der Waals surface area contributed by atoms with Crippen LogP contribution in [0, 0.1) is 11.6 Å². The molecule has 93 valence electrons. The minimum absolute atomic E-state index is 0.367. The Hall–Kier alpha value is -2.44. The Labute approximate surface area is 109 Å². The van der Waals surface area contributed by atoms with Crippen molar-refractivity contribution in [3.63, 3.8) is 0 Å². The number of hydrogen-bond donors (Lipinski definition) is 0. The highest BCUT2D eigenvalue weighted by Crippen LogP contribution is 2.20. The van der Waals surface area contributed by atoms with Crippen molar-refractivity contribution in [1.29, 1.82) is 0 Å². The minimum Gasteiger partial charge on any atom is -0.358 e. The van der Waals surface area contributed by atoms with Crippen molar-refractivity contribution in [2.24, 2.45) is 0 Å². The van der Waals surface area contributed by atoms with E-state index < -0.39 is 0 Å². The molecule has 3 heterocycles. The average molecular weight is 257 g/mol. The second-order valence-electron chi connectivity index (χ2n) is 3.89. The molecule has 0 unspecified atom stereocenters. The molecule has 2 aromatic rings. The van der Waals surface area contributed by atoms with Crippen molar-refractivity contribution in [3.05, 3.63) is 60.7 Å². The summed E-state index contributed by atoms with van der Waals surface area (Å²) in [5.41, 5.74) is 0. The standard InChI is InChI=1S/C12H8BF2N4/c14-9-1-3-16-11(7-9)18-5-6-19(13-18)12-8-10(15)2-4-17-12/h1-8H. The summed E-state index contributed by atoms with van der Waals surface area (Å²) in [5.74, 6) is 0.147. The monoisotopic (exact) mass is 257 g/mol. The molecule has 0 atom stereocenters. The first kappa shape index (κ1) is 11.6. The van der Waals surface area contributed by atoms with Crippen LogP contribution in [0.4, 0.5) is 20.4 Å². The SMILES string of the molecule is Fc1ccnc(N2[B]N(c3cc(F)ccn3)C=C2)c1. The largest absolute Gasteiger partial charge is 0.402 e. The Morgan fingerprint density at radius 1 is 0.842 bits per heavy atom. The molecule has 0 aliphatic carbocycles. The van der Waals surface area contributed by atoms with Gasteiger partial charge in [0.1, 0.15) is 23.3 Å². The molecule has 7 heteroatoms. The van der Waals surface area contributed by atoms with Crippen LogP contribution >= 0.6 is 0 Å². The summed E-state index contributed by atoms with van der Waals surface area (Å²) in [7, 11) is 1.64. The first-order valence-corrected chi connectivity index (χ1v) is 5.55. The summed E-state index contributed by atoms with van der Waals surface area (Å²) in [5, 5.41) is 0. The van der Waals surface area contributed by atoms with Gasteiger partial charge in [0, 0.05) is 36.9 Å². The molecule has 3 rings (SSSR count). The van der Waals surface area contributed by atoms with Gasteiger partial charge in [-0.2, -0.15) is 0 Å². The van der Waals surface area contributed by atoms with E-state index in [9.17, 15) is 8.78 Å². The van der Waals surface area contributed by atoms with Crippen LogP contribution in [0.25, 0.3) is 0 Å². The second kappa shape index (κ2) is 4.68. The van der Waals surface area contributed by atoms with Gasteiger partial charge in [-0.15, -0.1) is 0 Å². The maximum atomic E-state index is 13.1. The normalized spacial score (nSPS) is 13.8. The van der Waals surface area contributed by atoms with Gasteiger partial charge >= 0.3 is 7.55 Å². The summed E-state index contributed by atoms with van der Waals surface area (Å²) in [6.45, 7) is 0. The molecule has 0 spiro atoms. The van der Waals surface area contributed by atoms with Crippen LogP contribution in [0.3, 0.4) is 0 Å². The maximum absolute atomic E-state index is 13.1. The summed E-state index contributed by atoms with van der Waals surface area (Å²) >= 11 is 0. The number of hydrogen-bond acceptors (Lipinski definition) is 4. The fourth-order valence-corrected chi connectivity index (χ4v) is 1.70. The van der Waals surface area contributed by atoms with Crippen LogP contribution in [0.15, 0.2) is 49.1 Å². The van der Waals surface area contributed by atoms with Gasteiger partial charge in [0.2, 0.25) is 0 Å². The molecular weight excluding hydrogens is 249 g/mol. The van der Waals surface area contributed by atoms with Crippen molar-refractivity contribution >= 4 is 19.2 Å². The van der Waals surface area contributed by atoms with Crippen molar-refractivity contribution in [2.45, 2.75) is 0 Å². The summed E-state index contributed by atoms with van der Waals surface area (Å²) in [4.78, 5) is 11.3. The first-order chi connectivity index (χ1) is 9.22. The smallest absolute Gasteiger partial charge is 0.358 e. The highest BCUT2D eigenvalue weighted by atomic mass is 19.1. The third-order valence-corrected chi connectivity index (χ3v) is 2.58. The number of rotatable bonds is 2. The predicted molar refractivity (Wildman–Crippen MR) is 68.2 cm³/mol. The molecule has 19 heavy (non-hydrogen) atoms.